The lowest BCUT2D eigenvalue weighted by Gasteiger charge is -2.14. The SMILES string of the molecule is O=C(COC(=O)C1=COCCO1)NCc1ccccc1F. The van der Waals surface area contributed by atoms with E-state index in [2.05, 4.69) is 5.32 Å². The second kappa shape index (κ2) is 7.28. The van der Waals surface area contributed by atoms with E-state index in [1.165, 1.54) is 6.07 Å². The number of hydrogen-bond acceptors (Lipinski definition) is 5. The number of halogens is 1. The molecule has 0 atom stereocenters. The predicted octanol–water partition coefficient (Wildman–Crippen LogP) is 0.873. The fourth-order valence-corrected chi connectivity index (χ4v) is 1.56. The fraction of sp³-hybridized carbons (Fsp3) is 0.286. The predicted molar refractivity (Wildman–Crippen MR) is 69.2 cm³/mol. The summed E-state index contributed by atoms with van der Waals surface area (Å²) in [5.41, 5.74) is 0.351. The molecule has 0 spiro atoms. The monoisotopic (exact) mass is 295 g/mol. The van der Waals surface area contributed by atoms with Gasteiger partial charge in [-0.3, -0.25) is 4.79 Å². The summed E-state index contributed by atoms with van der Waals surface area (Å²) < 4.78 is 28.0. The Morgan fingerprint density at radius 1 is 1.29 bits per heavy atom. The van der Waals surface area contributed by atoms with Crippen molar-refractivity contribution in [1.82, 2.24) is 5.32 Å². The van der Waals surface area contributed by atoms with Gasteiger partial charge in [0.1, 0.15) is 25.3 Å². The van der Waals surface area contributed by atoms with Crippen LogP contribution in [0, 0.1) is 5.82 Å². The van der Waals surface area contributed by atoms with Crippen molar-refractivity contribution in [3.63, 3.8) is 0 Å². The molecule has 0 radical (unpaired) electrons. The highest BCUT2D eigenvalue weighted by atomic mass is 19.1. The minimum absolute atomic E-state index is 0.0192. The average Bonchev–Trinajstić information content (AvgIpc) is 2.52. The third-order valence-corrected chi connectivity index (χ3v) is 2.62. The summed E-state index contributed by atoms with van der Waals surface area (Å²) in [7, 11) is 0. The fourth-order valence-electron chi connectivity index (χ4n) is 1.56. The second-order valence-corrected chi connectivity index (χ2v) is 4.15. The summed E-state index contributed by atoms with van der Waals surface area (Å²) in [4.78, 5) is 23.0. The van der Waals surface area contributed by atoms with E-state index in [0.717, 1.165) is 6.26 Å². The molecule has 1 aromatic carbocycles. The normalized spacial score (nSPS) is 13.5. The number of amides is 1. The summed E-state index contributed by atoms with van der Waals surface area (Å²) in [6.07, 6.45) is 1.14. The van der Waals surface area contributed by atoms with Crippen molar-refractivity contribution in [2.45, 2.75) is 6.54 Å². The zero-order valence-electron chi connectivity index (χ0n) is 11.1. The Labute approximate surface area is 120 Å². The summed E-state index contributed by atoms with van der Waals surface area (Å²) in [5, 5.41) is 2.45. The molecule has 0 unspecified atom stereocenters. The van der Waals surface area contributed by atoms with Gasteiger partial charge in [0.15, 0.2) is 6.61 Å². The van der Waals surface area contributed by atoms with Crippen LogP contribution in [0.2, 0.25) is 0 Å². The molecule has 1 amide bonds. The summed E-state index contributed by atoms with van der Waals surface area (Å²) in [6, 6.07) is 6.08. The van der Waals surface area contributed by atoms with Crippen LogP contribution < -0.4 is 5.32 Å². The molecule has 112 valence electrons. The van der Waals surface area contributed by atoms with Crippen molar-refractivity contribution in [1.29, 1.82) is 0 Å². The number of nitrogens with one attached hydrogen (secondary N) is 1. The molecule has 1 N–H and O–H groups in total. The lowest BCUT2D eigenvalue weighted by molar-refractivity contribution is -0.149. The van der Waals surface area contributed by atoms with Crippen LogP contribution in [0.1, 0.15) is 5.56 Å². The molecular formula is C14H14FNO5. The Balaban J connectivity index is 1.74. The van der Waals surface area contributed by atoms with Crippen LogP contribution in [0.4, 0.5) is 4.39 Å². The highest BCUT2D eigenvalue weighted by molar-refractivity contribution is 5.88. The maximum atomic E-state index is 13.3. The van der Waals surface area contributed by atoms with E-state index in [1.54, 1.807) is 18.2 Å². The quantitative estimate of drug-likeness (QED) is 0.816. The van der Waals surface area contributed by atoms with E-state index in [0.29, 0.717) is 12.2 Å². The Hall–Kier alpha value is -2.57. The van der Waals surface area contributed by atoms with Gasteiger partial charge in [0.25, 0.3) is 5.91 Å². The second-order valence-electron chi connectivity index (χ2n) is 4.15. The van der Waals surface area contributed by atoms with Crippen LogP contribution in [-0.2, 0) is 30.3 Å². The maximum Gasteiger partial charge on any atom is 0.377 e. The molecule has 0 bridgehead atoms. The first kappa shape index (κ1) is 14.8. The largest absolute Gasteiger partial charge is 0.493 e. The Morgan fingerprint density at radius 3 is 2.81 bits per heavy atom. The number of ether oxygens (including phenoxy) is 3. The third-order valence-electron chi connectivity index (χ3n) is 2.62. The smallest absolute Gasteiger partial charge is 0.377 e. The first-order chi connectivity index (χ1) is 10.2. The van der Waals surface area contributed by atoms with E-state index in [4.69, 9.17) is 14.2 Å². The molecule has 0 saturated carbocycles. The Morgan fingerprint density at radius 2 is 2.10 bits per heavy atom. The van der Waals surface area contributed by atoms with E-state index in [1.807, 2.05) is 0 Å². The van der Waals surface area contributed by atoms with Gasteiger partial charge in [-0.05, 0) is 6.07 Å². The standard InChI is InChI=1S/C14H14FNO5/c15-11-4-2-1-3-10(11)7-16-13(17)9-21-14(18)12-8-19-5-6-20-12/h1-4,8H,5-7,9H2,(H,16,17). The van der Waals surface area contributed by atoms with Crippen molar-refractivity contribution in [2.24, 2.45) is 0 Å². The number of esters is 1. The third kappa shape index (κ3) is 4.48. The van der Waals surface area contributed by atoms with Gasteiger partial charge in [-0.15, -0.1) is 0 Å². The number of carbonyl (C=O) groups excluding carboxylic acids is 2. The van der Waals surface area contributed by atoms with Crippen molar-refractivity contribution >= 4 is 11.9 Å². The summed E-state index contributed by atoms with van der Waals surface area (Å²) in [5.74, 6) is -1.81. The van der Waals surface area contributed by atoms with Crippen LogP contribution in [0.5, 0.6) is 0 Å². The molecule has 0 aromatic heterocycles. The number of carbonyl (C=O) groups is 2. The molecule has 2 rings (SSSR count). The lowest BCUT2D eigenvalue weighted by Crippen LogP contribution is -2.29. The molecular weight excluding hydrogens is 281 g/mol. The number of rotatable bonds is 5. The first-order valence-electron chi connectivity index (χ1n) is 6.28. The number of hydrogen-bond donors (Lipinski definition) is 1. The van der Waals surface area contributed by atoms with Crippen LogP contribution in [0.15, 0.2) is 36.3 Å². The van der Waals surface area contributed by atoms with Crippen LogP contribution >= 0.6 is 0 Å². The van der Waals surface area contributed by atoms with Crippen molar-refractivity contribution in [3.8, 4) is 0 Å². The Bertz CT molecular complexity index is 558. The van der Waals surface area contributed by atoms with Gasteiger partial charge < -0.3 is 19.5 Å². The van der Waals surface area contributed by atoms with Crippen LogP contribution in [0.3, 0.4) is 0 Å². The molecule has 0 aliphatic carbocycles. The molecule has 0 fully saturated rings. The molecule has 21 heavy (non-hydrogen) atoms. The van der Waals surface area contributed by atoms with Crippen molar-refractivity contribution in [2.75, 3.05) is 19.8 Å². The molecule has 7 heteroatoms. The van der Waals surface area contributed by atoms with E-state index in [-0.39, 0.29) is 18.9 Å². The van der Waals surface area contributed by atoms with E-state index in [9.17, 15) is 14.0 Å². The molecule has 1 aromatic rings. The molecule has 1 heterocycles. The minimum Gasteiger partial charge on any atom is -0.493 e. The van der Waals surface area contributed by atoms with Crippen LogP contribution in [0.25, 0.3) is 0 Å². The molecule has 6 nitrogen and oxygen atoms in total. The van der Waals surface area contributed by atoms with Gasteiger partial charge in [-0.25, -0.2) is 9.18 Å². The molecule has 1 aliphatic rings. The first-order valence-corrected chi connectivity index (χ1v) is 6.28. The Kier molecular flexibility index (Phi) is 5.14. The molecule has 0 saturated heterocycles. The van der Waals surface area contributed by atoms with Crippen molar-refractivity contribution < 1.29 is 28.2 Å². The van der Waals surface area contributed by atoms with E-state index < -0.39 is 24.3 Å². The van der Waals surface area contributed by atoms with Gasteiger partial charge in [0.05, 0.1) is 0 Å². The van der Waals surface area contributed by atoms with Gasteiger partial charge in [0.2, 0.25) is 5.76 Å². The van der Waals surface area contributed by atoms with E-state index >= 15 is 0 Å². The highest BCUT2D eigenvalue weighted by Gasteiger charge is 2.17. The summed E-state index contributed by atoms with van der Waals surface area (Å²) >= 11 is 0. The van der Waals surface area contributed by atoms with Gasteiger partial charge in [-0.2, -0.15) is 0 Å². The zero-order chi connectivity index (χ0) is 15.1. The summed E-state index contributed by atoms with van der Waals surface area (Å²) in [6.45, 7) is 0.152. The van der Waals surface area contributed by atoms with Gasteiger partial charge >= 0.3 is 5.97 Å². The molecule has 1 aliphatic heterocycles. The zero-order valence-corrected chi connectivity index (χ0v) is 11.1. The van der Waals surface area contributed by atoms with Gasteiger partial charge in [0, 0.05) is 12.1 Å². The average molecular weight is 295 g/mol. The van der Waals surface area contributed by atoms with Gasteiger partial charge in [-0.1, -0.05) is 18.2 Å². The maximum absolute atomic E-state index is 13.3. The van der Waals surface area contributed by atoms with Crippen molar-refractivity contribution in [3.05, 3.63) is 47.7 Å². The highest BCUT2D eigenvalue weighted by Crippen LogP contribution is 2.07. The topological polar surface area (TPSA) is 73.9 Å². The number of benzene rings is 1. The lowest BCUT2D eigenvalue weighted by atomic mass is 10.2. The minimum atomic E-state index is -0.782. The van der Waals surface area contributed by atoms with Crippen LogP contribution in [-0.4, -0.2) is 31.7 Å².